The first kappa shape index (κ1) is 12.8. The second-order valence-corrected chi connectivity index (χ2v) is 6.44. The predicted octanol–water partition coefficient (Wildman–Crippen LogP) is 1.93. The standard InChI is InChI=1S/C15H15N5S/c1-2-5-18-13(3-1)15(10-17-7-8-21-15)14-19-11-4-6-16-9-12(11)20-14/h1-6,9,17H,7-8,10H2,(H,19,20). The van der Waals surface area contributed by atoms with Crippen molar-refractivity contribution in [1.29, 1.82) is 0 Å². The van der Waals surface area contributed by atoms with Gasteiger partial charge in [0.15, 0.2) is 0 Å². The van der Waals surface area contributed by atoms with Gasteiger partial charge in [0.05, 0.1) is 17.4 Å². The van der Waals surface area contributed by atoms with Gasteiger partial charge in [0, 0.05) is 31.2 Å². The Morgan fingerprint density at radius 2 is 2.19 bits per heavy atom. The number of fused-ring (bicyclic) bond motifs is 1. The molecule has 21 heavy (non-hydrogen) atoms. The number of H-pyrrole nitrogens is 1. The third-order valence-electron chi connectivity index (χ3n) is 3.75. The molecule has 0 radical (unpaired) electrons. The molecule has 0 amide bonds. The normalized spacial score (nSPS) is 22.5. The summed E-state index contributed by atoms with van der Waals surface area (Å²) in [7, 11) is 0. The zero-order valence-corrected chi connectivity index (χ0v) is 12.2. The summed E-state index contributed by atoms with van der Waals surface area (Å²) in [5, 5.41) is 3.48. The van der Waals surface area contributed by atoms with Crippen LogP contribution in [0.1, 0.15) is 11.5 Å². The minimum absolute atomic E-state index is 0.265. The van der Waals surface area contributed by atoms with Gasteiger partial charge < -0.3 is 10.3 Å². The summed E-state index contributed by atoms with van der Waals surface area (Å²) in [4.78, 5) is 16.9. The van der Waals surface area contributed by atoms with Gasteiger partial charge in [-0.2, -0.15) is 0 Å². The minimum Gasteiger partial charge on any atom is -0.340 e. The molecule has 1 aliphatic rings. The van der Waals surface area contributed by atoms with E-state index in [2.05, 4.69) is 26.3 Å². The molecule has 0 saturated carbocycles. The lowest BCUT2D eigenvalue weighted by molar-refractivity contribution is 0.569. The van der Waals surface area contributed by atoms with Crippen LogP contribution in [-0.4, -0.2) is 38.8 Å². The van der Waals surface area contributed by atoms with Crippen LogP contribution in [-0.2, 0) is 4.75 Å². The second kappa shape index (κ2) is 5.13. The van der Waals surface area contributed by atoms with Crippen LogP contribution >= 0.6 is 11.8 Å². The van der Waals surface area contributed by atoms with Crippen LogP contribution in [0.3, 0.4) is 0 Å². The Morgan fingerprint density at radius 1 is 1.19 bits per heavy atom. The van der Waals surface area contributed by atoms with E-state index in [0.29, 0.717) is 0 Å². The molecule has 5 nitrogen and oxygen atoms in total. The lowest BCUT2D eigenvalue weighted by Crippen LogP contribution is -2.43. The van der Waals surface area contributed by atoms with E-state index in [0.717, 1.165) is 41.4 Å². The summed E-state index contributed by atoms with van der Waals surface area (Å²) in [6.45, 7) is 1.84. The fourth-order valence-corrected chi connectivity index (χ4v) is 4.00. The van der Waals surface area contributed by atoms with E-state index in [9.17, 15) is 0 Å². The maximum absolute atomic E-state index is 4.77. The van der Waals surface area contributed by atoms with Crippen LogP contribution < -0.4 is 5.32 Å². The molecule has 0 aliphatic carbocycles. The molecular formula is C15H15N5S. The number of nitrogens with one attached hydrogen (secondary N) is 2. The Bertz CT molecular complexity index is 716. The van der Waals surface area contributed by atoms with Crippen molar-refractivity contribution in [3.8, 4) is 0 Å². The Morgan fingerprint density at radius 3 is 2.95 bits per heavy atom. The van der Waals surface area contributed by atoms with Gasteiger partial charge in [-0.3, -0.25) is 9.97 Å². The van der Waals surface area contributed by atoms with E-state index in [1.54, 1.807) is 12.4 Å². The van der Waals surface area contributed by atoms with Crippen molar-refractivity contribution in [2.75, 3.05) is 18.8 Å². The zero-order valence-electron chi connectivity index (χ0n) is 11.4. The van der Waals surface area contributed by atoms with E-state index < -0.39 is 0 Å². The summed E-state index contributed by atoms with van der Waals surface area (Å²) >= 11 is 1.89. The predicted molar refractivity (Wildman–Crippen MR) is 84.2 cm³/mol. The number of imidazole rings is 1. The topological polar surface area (TPSA) is 66.5 Å². The van der Waals surface area contributed by atoms with Gasteiger partial charge in [-0.25, -0.2) is 4.98 Å². The Balaban J connectivity index is 1.89. The largest absolute Gasteiger partial charge is 0.340 e. The highest BCUT2D eigenvalue weighted by Crippen LogP contribution is 2.42. The van der Waals surface area contributed by atoms with Gasteiger partial charge in [0.1, 0.15) is 16.1 Å². The summed E-state index contributed by atoms with van der Waals surface area (Å²) in [5.74, 6) is 1.98. The molecule has 4 rings (SSSR count). The van der Waals surface area contributed by atoms with Crippen LogP contribution in [0, 0.1) is 0 Å². The molecule has 1 unspecified atom stereocenters. The number of pyridine rings is 2. The third kappa shape index (κ3) is 2.11. The van der Waals surface area contributed by atoms with Crippen LogP contribution in [0.5, 0.6) is 0 Å². The summed E-state index contributed by atoms with van der Waals surface area (Å²) < 4.78 is -0.265. The zero-order chi connectivity index (χ0) is 14.1. The number of aromatic amines is 1. The van der Waals surface area contributed by atoms with Crippen LogP contribution in [0.25, 0.3) is 11.0 Å². The van der Waals surface area contributed by atoms with Crippen LogP contribution in [0.15, 0.2) is 42.9 Å². The van der Waals surface area contributed by atoms with Crippen molar-refractivity contribution in [2.45, 2.75) is 4.75 Å². The molecule has 106 valence electrons. The molecule has 0 aromatic carbocycles. The maximum atomic E-state index is 4.77. The summed E-state index contributed by atoms with van der Waals surface area (Å²) in [5.41, 5.74) is 2.95. The lowest BCUT2D eigenvalue weighted by Gasteiger charge is -2.34. The highest BCUT2D eigenvalue weighted by atomic mass is 32.2. The highest BCUT2D eigenvalue weighted by Gasteiger charge is 2.40. The molecule has 3 aromatic rings. The van der Waals surface area contributed by atoms with Gasteiger partial charge in [-0.15, -0.1) is 11.8 Å². The quantitative estimate of drug-likeness (QED) is 0.756. The van der Waals surface area contributed by atoms with Crippen molar-refractivity contribution in [1.82, 2.24) is 25.3 Å². The average molecular weight is 297 g/mol. The van der Waals surface area contributed by atoms with Crippen LogP contribution in [0.2, 0.25) is 0 Å². The van der Waals surface area contributed by atoms with Gasteiger partial charge in [0.2, 0.25) is 0 Å². The first-order valence-electron chi connectivity index (χ1n) is 6.95. The van der Waals surface area contributed by atoms with Crippen molar-refractivity contribution < 1.29 is 0 Å². The van der Waals surface area contributed by atoms with E-state index in [1.807, 2.05) is 36.2 Å². The van der Waals surface area contributed by atoms with E-state index in [1.165, 1.54) is 0 Å². The van der Waals surface area contributed by atoms with Crippen LogP contribution in [0.4, 0.5) is 0 Å². The van der Waals surface area contributed by atoms with Crippen molar-refractivity contribution in [3.63, 3.8) is 0 Å². The first-order valence-corrected chi connectivity index (χ1v) is 7.93. The van der Waals surface area contributed by atoms with E-state index in [-0.39, 0.29) is 4.75 Å². The van der Waals surface area contributed by atoms with E-state index in [4.69, 9.17) is 4.98 Å². The fraction of sp³-hybridized carbons (Fsp3) is 0.267. The molecule has 1 aliphatic heterocycles. The number of rotatable bonds is 2. The summed E-state index contributed by atoms with van der Waals surface area (Å²) in [6.07, 6.45) is 5.42. The molecule has 2 N–H and O–H groups in total. The molecule has 3 aromatic heterocycles. The monoisotopic (exact) mass is 297 g/mol. The first-order chi connectivity index (χ1) is 10.4. The molecule has 1 atom stereocenters. The van der Waals surface area contributed by atoms with Gasteiger partial charge in [-0.05, 0) is 18.2 Å². The summed E-state index contributed by atoms with van der Waals surface area (Å²) in [6, 6.07) is 8.01. The number of hydrogen-bond acceptors (Lipinski definition) is 5. The molecule has 6 heteroatoms. The number of aromatic nitrogens is 4. The SMILES string of the molecule is c1ccc(C2(c3nc4cnccc4[nH]3)CNCCS2)nc1. The van der Waals surface area contributed by atoms with Gasteiger partial charge in [0.25, 0.3) is 0 Å². The highest BCUT2D eigenvalue weighted by molar-refractivity contribution is 8.00. The van der Waals surface area contributed by atoms with Crippen molar-refractivity contribution in [2.24, 2.45) is 0 Å². The Kier molecular flexibility index (Phi) is 3.12. The molecule has 1 saturated heterocycles. The maximum Gasteiger partial charge on any atom is 0.131 e. The van der Waals surface area contributed by atoms with Gasteiger partial charge in [-0.1, -0.05) is 6.07 Å². The number of hydrogen-bond donors (Lipinski definition) is 2. The van der Waals surface area contributed by atoms with Gasteiger partial charge >= 0.3 is 0 Å². The van der Waals surface area contributed by atoms with Crippen molar-refractivity contribution >= 4 is 22.8 Å². The molecule has 0 spiro atoms. The average Bonchev–Trinajstić information content (AvgIpc) is 3.01. The molecule has 0 bridgehead atoms. The third-order valence-corrected chi connectivity index (χ3v) is 5.20. The Hall–Kier alpha value is -1.92. The van der Waals surface area contributed by atoms with Crippen molar-refractivity contribution in [3.05, 3.63) is 54.4 Å². The number of nitrogens with zero attached hydrogens (tertiary/aromatic N) is 3. The molecular weight excluding hydrogens is 282 g/mol. The fourth-order valence-electron chi connectivity index (χ4n) is 2.70. The van der Waals surface area contributed by atoms with E-state index >= 15 is 0 Å². The lowest BCUT2D eigenvalue weighted by atomic mass is 10.0. The minimum atomic E-state index is -0.265. The molecule has 1 fully saturated rings. The smallest absolute Gasteiger partial charge is 0.131 e. The Labute approximate surface area is 126 Å². The molecule has 4 heterocycles. The second-order valence-electron chi connectivity index (χ2n) is 5.05. The number of thioether (sulfide) groups is 1.